The van der Waals surface area contributed by atoms with Crippen molar-refractivity contribution in [1.29, 1.82) is 0 Å². The van der Waals surface area contributed by atoms with Crippen molar-refractivity contribution in [3.63, 3.8) is 0 Å². The number of allylic oxidation sites excluding steroid dienone is 4. The number of esters is 1. The van der Waals surface area contributed by atoms with Gasteiger partial charge in [-0.2, -0.15) is 0 Å². The van der Waals surface area contributed by atoms with Gasteiger partial charge in [0.15, 0.2) is 5.78 Å². The van der Waals surface area contributed by atoms with Gasteiger partial charge in [-0.3, -0.25) is 9.59 Å². The van der Waals surface area contributed by atoms with E-state index in [0.29, 0.717) is 25.0 Å². The van der Waals surface area contributed by atoms with Crippen molar-refractivity contribution in [3.05, 3.63) is 24.0 Å². The molecule has 0 amide bonds. The van der Waals surface area contributed by atoms with Crippen LogP contribution in [-0.4, -0.2) is 11.8 Å². The molecule has 154 valence electrons. The summed E-state index contributed by atoms with van der Waals surface area (Å²) in [6.07, 6.45) is 25.0. The second kappa shape index (κ2) is 16.8. The molecule has 0 aromatic rings. The fraction of sp³-hybridized carbons (Fsp3) is 0.750. The summed E-state index contributed by atoms with van der Waals surface area (Å²) in [7, 11) is 0. The summed E-state index contributed by atoms with van der Waals surface area (Å²) >= 11 is 0. The van der Waals surface area contributed by atoms with Crippen LogP contribution in [-0.2, 0) is 14.3 Å². The van der Waals surface area contributed by atoms with Crippen LogP contribution in [0, 0.1) is 0 Å². The Balaban J connectivity index is 1.85. The van der Waals surface area contributed by atoms with Crippen molar-refractivity contribution in [2.24, 2.45) is 0 Å². The lowest BCUT2D eigenvalue weighted by molar-refractivity contribution is -0.140. The molecule has 0 saturated carbocycles. The van der Waals surface area contributed by atoms with E-state index in [1.54, 1.807) is 0 Å². The van der Waals surface area contributed by atoms with E-state index in [1.807, 2.05) is 0 Å². The molecule has 0 heterocycles. The van der Waals surface area contributed by atoms with Gasteiger partial charge in [0.25, 0.3) is 0 Å². The van der Waals surface area contributed by atoms with Gasteiger partial charge in [0.2, 0.25) is 0 Å². The molecule has 0 fully saturated rings. The third kappa shape index (κ3) is 14.4. The zero-order valence-corrected chi connectivity index (χ0v) is 17.5. The van der Waals surface area contributed by atoms with Crippen LogP contribution in [0.15, 0.2) is 24.0 Å². The van der Waals surface area contributed by atoms with Crippen LogP contribution < -0.4 is 0 Å². The Hall–Kier alpha value is -1.38. The van der Waals surface area contributed by atoms with E-state index in [-0.39, 0.29) is 11.8 Å². The maximum atomic E-state index is 11.8. The number of ether oxygens (including phenoxy) is 1. The first-order valence-electron chi connectivity index (χ1n) is 11.3. The highest BCUT2D eigenvalue weighted by Crippen LogP contribution is 2.17. The molecule has 1 aliphatic carbocycles. The molecule has 0 saturated heterocycles. The van der Waals surface area contributed by atoms with Crippen molar-refractivity contribution in [1.82, 2.24) is 0 Å². The van der Waals surface area contributed by atoms with Crippen LogP contribution in [0.1, 0.15) is 116 Å². The Morgan fingerprint density at radius 3 is 2.11 bits per heavy atom. The molecule has 0 aromatic heterocycles. The van der Waals surface area contributed by atoms with Crippen molar-refractivity contribution < 1.29 is 14.3 Å². The molecule has 3 heteroatoms. The first-order chi connectivity index (χ1) is 13.2. The Morgan fingerprint density at radius 1 is 0.889 bits per heavy atom. The molecule has 0 atom stereocenters. The molecular weight excluding hydrogens is 336 g/mol. The molecule has 1 rings (SSSR count). The summed E-state index contributed by atoms with van der Waals surface area (Å²) in [6.45, 7) is 2.26. The smallest absolute Gasteiger partial charge is 0.310 e. The SMILES string of the molecule is CCCCCCCC/C=C\CCCCCCCC(=O)OC1=CC(=O)CCC1. The van der Waals surface area contributed by atoms with Gasteiger partial charge in [0.05, 0.1) is 0 Å². The Bertz CT molecular complexity index is 462. The van der Waals surface area contributed by atoms with E-state index >= 15 is 0 Å². The topological polar surface area (TPSA) is 43.4 Å². The van der Waals surface area contributed by atoms with Crippen molar-refractivity contribution in [2.75, 3.05) is 0 Å². The minimum absolute atomic E-state index is 0.0741. The highest BCUT2D eigenvalue weighted by molar-refractivity contribution is 5.91. The number of carbonyl (C=O) groups excluding carboxylic acids is 2. The number of hydrogen-bond donors (Lipinski definition) is 0. The molecule has 0 radical (unpaired) electrons. The van der Waals surface area contributed by atoms with Gasteiger partial charge in [-0.25, -0.2) is 0 Å². The summed E-state index contributed by atoms with van der Waals surface area (Å²) in [5, 5.41) is 0. The average Bonchev–Trinajstić information content (AvgIpc) is 2.65. The molecule has 0 bridgehead atoms. The second-order valence-electron chi connectivity index (χ2n) is 7.74. The fourth-order valence-electron chi connectivity index (χ4n) is 3.38. The number of rotatable bonds is 16. The zero-order chi connectivity index (χ0) is 19.6. The van der Waals surface area contributed by atoms with Crippen LogP contribution in [0.4, 0.5) is 0 Å². The van der Waals surface area contributed by atoms with Gasteiger partial charge in [0.1, 0.15) is 5.76 Å². The first kappa shape index (κ1) is 23.7. The van der Waals surface area contributed by atoms with Gasteiger partial charge < -0.3 is 4.74 Å². The van der Waals surface area contributed by atoms with Gasteiger partial charge in [-0.05, 0) is 38.5 Å². The predicted molar refractivity (Wildman–Crippen MR) is 112 cm³/mol. The molecule has 0 aromatic carbocycles. The molecule has 1 aliphatic rings. The van der Waals surface area contributed by atoms with E-state index in [9.17, 15) is 9.59 Å². The maximum absolute atomic E-state index is 11.8. The van der Waals surface area contributed by atoms with Crippen LogP contribution in [0.5, 0.6) is 0 Å². The summed E-state index contributed by atoms with van der Waals surface area (Å²) in [5.74, 6) is 0.447. The molecule has 3 nitrogen and oxygen atoms in total. The fourth-order valence-corrected chi connectivity index (χ4v) is 3.38. The minimum atomic E-state index is -0.187. The second-order valence-corrected chi connectivity index (χ2v) is 7.74. The normalized spacial score (nSPS) is 14.6. The van der Waals surface area contributed by atoms with E-state index in [4.69, 9.17) is 4.74 Å². The van der Waals surface area contributed by atoms with Crippen LogP contribution in [0.25, 0.3) is 0 Å². The molecular formula is C24H40O3. The summed E-state index contributed by atoms with van der Waals surface area (Å²) < 4.78 is 5.27. The van der Waals surface area contributed by atoms with E-state index in [2.05, 4.69) is 19.1 Å². The Morgan fingerprint density at radius 2 is 1.48 bits per heavy atom. The van der Waals surface area contributed by atoms with E-state index < -0.39 is 0 Å². The van der Waals surface area contributed by atoms with Crippen molar-refractivity contribution in [2.45, 2.75) is 116 Å². The molecule has 0 spiro atoms. The third-order valence-electron chi connectivity index (χ3n) is 5.06. The van der Waals surface area contributed by atoms with Crippen LogP contribution in [0.3, 0.4) is 0 Å². The zero-order valence-electron chi connectivity index (χ0n) is 17.5. The standard InChI is InChI=1S/C24H40O3/c1-2-3-4-5-6-7-8-9-10-11-12-13-14-15-16-20-24(26)27-23-19-17-18-22(25)21-23/h9-10,21H,2-8,11-20H2,1H3/b10-9-. The Kier molecular flexibility index (Phi) is 14.7. The van der Waals surface area contributed by atoms with Gasteiger partial charge in [-0.1, -0.05) is 70.4 Å². The van der Waals surface area contributed by atoms with E-state index in [0.717, 1.165) is 19.3 Å². The Labute approximate surface area is 166 Å². The van der Waals surface area contributed by atoms with Gasteiger partial charge in [0, 0.05) is 25.3 Å². The molecule has 0 unspecified atom stereocenters. The van der Waals surface area contributed by atoms with Crippen molar-refractivity contribution >= 4 is 11.8 Å². The van der Waals surface area contributed by atoms with Gasteiger partial charge in [-0.15, -0.1) is 0 Å². The minimum Gasteiger partial charge on any atom is -0.431 e. The summed E-state index contributed by atoms with van der Waals surface area (Å²) in [4.78, 5) is 23.1. The molecule has 27 heavy (non-hydrogen) atoms. The largest absolute Gasteiger partial charge is 0.431 e. The lowest BCUT2D eigenvalue weighted by atomic mass is 10.1. The highest BCUT2D eigenvalue weighted by Gasteiger charge is 2.13. The quantitative estimate of drug-likeness (QED) is 0.162. The lowest BCUT2D eigenvalue weighted by Crippen LogP contribution is -2.10. The summed E-state index contributed by atoms with van der Waals surface area (Å²) in [5.41, 5.74) is 0. The molecule has 0 N–H and O–H groups in total. The number of carbonyl (C=O) groups is 2. The van der Waals surface area contributed by atoms with Crippen molar-refractivity contribution in [3.8, 4) is 0 Å². The monoisotopic (exact) mass is 376 g/mol. The third-order valence-corrected chi connectivity index (χ3v) is 5.06. The van der Waals surface area contributed by atoms with Crippen LogP contribution >= 0.6 is 0 Å². The van der Waals surface area contributed by atoms with E-state index in [1.165, 1.54) is 76.7 Å². The summed E-state index contributed by atoms with van der Waals surface area (Å²) in [6, 6.07) is 0. The first-order valence-corrected chi connectivity index (χ1v) is 11.3. The lowest BCUT2D eigenvalue weighted by Gasteiger charge is -2.11. The average molecular weight is 377 g/mol. The number of ketones is 1. The number of hydrogen-bond acceptors (Lipinski definition) is 3. The van der Waals surface area contributed by atoms with Crippen LogP contribution in [0.2, 0.25) is 0 Å². The molecule has 0 aliphatic heterocycles. The highest BCUT2D eigenvalue weighted by atomic mass is 16.5. The van der Waals surface area contributed by atoms with Gasteiger partial charge >= 0.3 is 5.97 Å². The maximum Gasteiger partial charge on any atom is 0.310 e. The predicted octanol–water partition coefficient (Wildman–Crippen LogP) is 7.20. The number of unbranched alkanes of at least 4 members (excludes halogenated alkanes) is 11.